The second-order valence-electron chi connectivity index (χ2n) is 7.54. The number of aryl methyl sites for hydroxylation is 1. The largest absolute Gasteiger partial charge is 0.334 e. The summed E-state index contributed by atoms with van der Waals surface area (Å²) >= 11 is 6.08. The van der Waals surface area contributed by atoms with Gasteiger partial charge in [-0.3, -0.25) is 14.6 Å². The van der Waals surface area contributed by atoms with E-state index in [9.17, 15) is 9.59 Å². The highest BCUT2D eigenvalue weighted by Crippen LogP contribution is 2.25. The lowest BCUT2D eigenvalue weighted by molar-refractivity contribution is 0.0774. The summed E-state index contributed by atoms with van der Waals surface area (Å²) in [6, 6.07) is 14.7. The highest BCUT2D eigenvalue weighted by Gasteiger charge is 2.22. The van der Waals surface area contributed by atoms with Crippen molar-refractivity contribution in [1.82, 2.24) is 19.4 Å². The first-order valence-electron chi connectivity index (χ1n) is 10.0. The molecule has 1 aliphatic heterocycles. The fourth-order valence-electron chi connectivity index (χ4n) is 4.16. The summed E-state index contributed by atoms with van der Waals surface area (Å²) < 4.78 is 1.98. The van der Waals surface area contributed by atoms with Crippen molar-refractivity contribution in [2.75, 3.05) is 13.1 Å². The average molecular weight is 431 g/mol. The summed E-state index contributed by atoms with van der Waals surface area (Å²) in [5.74, 6) is 0.579. The van der Waals surface area contributed by atoms with Crippen LogP contribution >= 0.6 is 11.6 Å². The van der Waals surface area contributed by atoms with Gasteiger partial charge >= 0.3 is 0 Å². The van der Waals surface area contributed by atoms with Crippen molar-refractivity contribution in [1.29, 1.82) is 0 Å². The van der Waals surface area contributed by atoms with Crippen LogP contribution in [0.4, 0.5) is 0 Å². The number of fused-ring (bicyclic) bond motifs is 2. The van der Waals surface area contributed by atoms with Gasteiger partial charge in [0.2, 0.25) is 0 Å². The van der Waals surface area contributed by atoms with Gasteiger partial charge in [0.15, 0.2) is 0 Å². The number of amides is 1. The van der Waals surface area contributed by atoms with Gasteiger partial charge < -0.3 is 9.47 Å². The Labute approximate surface area is 183 Å². The molecule has 0 N–H and O–H groups in total. The number of pyridine rings is 1. The molecule has 0 bridgehead atoms. The van der Waals surface area contributed by atoms with E-state index < -0.39 is 0 Å². The quantitative estimate of drug-likeness (QED) is 0.475. The Kier molecular flexibility index (Phi) is 4.79. The highest BCUT2D eigenvalue weighted by molar-refractivity contribution is 6.31. The zero-order chi connectivity index (χ0) is 21.5. The van der Waals surface area contributed by atoms with E-state index in [2.05, 4.69) is 9.97 Å². The van der Waals surface area contributed by atoms with Crippen LogP contribution in [0.1, 0.15) is 22.6 Å². The third-order valence-electron chi connectivity index (χ3n) is 5.64. The first-order chi connectivity index (χ1) is 15.0. The minimum atomic E-state index is -0.289. The van der Waals surface area contributed by atoms with E-state index in [-0.39, 0.29) is 11.5 Å². The Morgan fingerprint density at radius 2 is 1.97 bits per heavy atom. The van der Waals surface area contributed by atoms with E-state index >= 15 is 0 Å². The van der Waals surface area contributed by atoms with E-state index in [4.69, 9.17) is 11.6 Å². The van der Waals surface area contributed by atoms with Gasteiger partial charge in [-0.25, -0.2) is 0 Å². The SMILES string of the molecule is Cc1nc(=O)c2cc(Cl)ccc2n1C1=CCN(C(=O)c2cccc3cccnc23)CC1. The Bertz CT molecular complexity index is 1440. The van der Waals surface area contributed by atoms with E-state index in [1.807, 2.05) is 58.9 Å². The number of benzene rings is 2. The number of aromatic nitrogens is 3. The van der Waals surface area contributed by atoms with Gasteiger partial charge in [0.05, 0.1) is 22.0 Å². The number of carbonyl (C=O) groups is 1. The fraction of sp³-hybridized carbons (Fsp3) is 0.167. The van der Waals surface area contributed by atoms with E-state index in [0.29, 0.717) is 46.8 Å². The highest BCUT2D eigenvalue weighted by atomic mass is 35.5. The molecule has 0 fully saturated rings. The van der Waals surface area contributed by atoms with Crippen LogP contribution in [-0.2, 0) is 0 Å². The lowest BCUT2D eigenvalue weighted by Gasteiger charge is -2.28. The van der Waals surface area contributed by atoms with Gasteiger partial charge in [-0.2, -0.15) is 4.98 Å². The molecule has 154 valence electrons. The summed E-state index contributed by atoms with van der Waals surface area (Å²) in [6.45, 7) is 2.85. The predicted molar refractivity (Wildman–Crippen MR) is 122 cm³/mol. The van der Waals surface area contributed by atoms with Gasteiger partial charge in [-0.05, 0) is 43.3 Å². The molecular formula is C24H19ClN4O2. The Morgan fingerprint density at radius 3 is 2.77 bits per heavy atom. The molecule has 4 aromatic rings. The maximum Gasteiger partial charge on any atom is 0.280 e. The molecule has 3 heterocycles. The van der Waals surface area contributed by atoms with Crippen LogP contribution < -0.4 is 5.56 Å². The minimum Gasteiger partial charge on any atom is -0.334 e. The van der Waals surface area contributed by atoms with Crippen LogP contribution in [0.5, 0.6) is 0 Å². The molecule has 2 aromatic carbocycles. The van der Waals surface area contributed by atoms with E-state index in [1.165, 1.54) is 0 Å². The van der Waals surface area contributed by atoms with Crippen LogP contribution in [-0.4, -0.2) is 38.4 Å². The number of para-hydroxylation sites is 1. The third kappa shape index (κ3) is 3.39. The molecule has 7 heteroatoms. The van der Waals surface area contributed by atoms with Crippen LogP contribution in [0.2, 0.25) is 5.02 Å². The standard InChI is InChI=1S/C24H19ClN4O2/c1-15-27-23(30)20-14-17(25)7-8-21(20)29(15)18-9-12-28(13-10-18)24(31)19-6-2-4-16-5-3-11-26-22(16)19/h2-9,11,14H,10,12-13H2,1H3. The van der Waals surface area contributed by atoms with Gasteiger partial charge in [0.1, 0.15) is 5.82 Å². The van der Waals surface area contributed by atoms with Crippen molar-refractivity contribution in [2.45, 2.75) is 13.3 Å². The number of halogens is 1. The zero-order valence-electron chi connectivity index (χ0n) is 16.9. The summed E-state index contributed by atoms with van der Waals surface area (Å²) in [6.07, 6.45) is 4.37. The molecule has 2 aromatic heterocycles. The summed E-state index contributed by atoms with van der Waals surface area (Å²) in [7, 11) is 0. The van der Waals surface area contributed by atoms with Crippen molar-refractivity contribution in [3.8, 4) is 0 Å². The lowest BCUT2D eigenvalue weighted by Crippen LogP contribution is -2.35. The van der Waals surface area contributed by atoms with Crippen molar-refractivity contribution in [3.63, 3.8) is 0 Å². The molecule has 0 spiro atoms. The first-order valence-corrected chi connectivity index (χ1v) is 10.4. The third-order valence-corrected chi connectivity index (χ3v) is 5.87. The van der Waals surface area contributed by atoms with Gasteiger partial charge in [0.25, 0.3) is 11.5 Å². The molecule has 1 amide bonds. The molecule has 0 aliphatic carbocycles. The number of carbonyl (C=O) groups excluding carboxylic acids is 1. The van der Waals surface area contributed by atoms with Crippen LogP contribution in [0.15, 0.2) is 65.6 Å². The minimum absolute atomic E-state index is 0.0361. The molecule has 5 rings (SSSR count). The number of hydrogen-bond donors (Lipinski definition) is 0. The van der Waals surface area contributed by atoms with Gasteiger partial charge in [0, 0.05) is 41.8 Å². The molecule has 0 radical (unpaired) electrons. The maximum atomic E-state index is 13.2. The summed E-state index contributed by atoms with van der Waals surface area (Å²) in [5.41, 5.74) is 2.82. The van der Waals surface area contributed by atoms with E-state index in [1.54, 1.807) is 18.3 Å². The van der Waals surface area contributed by atoms with E-state index in [0.717, 1.165) is 16.6 Å². The topological polar surface area (TPSA) is 68.1 Å². The average Bonchev–Trinajstić information content (AvgIpc) is 2.79. The van der Waals surface area contributed by atoms with Crippen molar-refractivity contribution < 1.29 is 4.79 Å². The Hall–Kier alpha value is -3.51. The fourth-order valence-corrected chi connectivity index (χ4v) is 4.33. The monoisotopic (exact) mass is 430 g/mol. The van der Waals surface area contributed by atoms with Crippen molar-refractivity contribution in [3.05, 3.63) is 87.6 Å². The molecule has 0 saturated carbocycles. The molecule has 1 aliphatic rings. The first kappa shape index (κ1) is 19.5. The van der Waals surface area contributed by atoms with Gasteiger partial charge in [-0.15, -0.1) is 0 Å². The second kappa shape index (κ2) is 7.63. The second-order valence-corrected chi connectivity index (χ2v) is 7.97. The Balaban J connectivity index is 1.49. The predicted octanol–water partition coefficient (Wildman–Crippen LogP) is 4.29. The normalized spacial score (nSPS) is 14.1. The number of nitrogens with zero attached hydrogens (tertiary/aromatic N) is 4. The molecule has 0 saturated heterocycles. The molecule has 0 unspecified atom stereocenters. The van der Waals surface area contributed by atoms with Crippen LogP contribution in [0.3, 0.4) is 0 Å². The number of rotatable bonds is 2. The number of hydrogen-bond acceptors (Lipinski definition) is 4. The maximum absolute atomic E-state index is 13.2. The molecule has 31 heavy (non-hydrogen) atoms. The lowest BCUT2D eigenvalue weighted by atomic mass is 10.1. The smallest absolute Gasteiger partial charge is 0.280 e. The Morgan fingerprint density at radius 1 is 1.13 bits per heavy atom. The summed E-state index contributed by atoms with van der Waals surface area (Å²) in [4.78, 5) is 35.9. The molecule has 6 nitrogen and oxygen atoms in total. The molecule has 0 atom stereocenters. The zero-order valence-corrected chi connectivity index (χ0v) is 17.6. The van der Waals surface area contributed by atoms with Crippen LogP contribution in [0.25, 0.3) is 27.5 Å². The summed E-state index contributed by atoms with van der Waals surface area (Å²) in [5, 5.41) is 1.93. The van der Waals surface area contributed by atoms with Crippen LogP contribution in [0, 0.1) is 6.92 Å². The van der Waals surface area contributed by atoms with Gasteiger partial charge in [-0.1, -0.05) is 29.8 Å². The molecular weight excluding hydrogens is 412 g/mol. The van der Waals surface area contributed by atoms with Crippen molar-refractivity contribution in [2.24, 2.45) is 0 Å². The van der Waals surface area contributed by atoms with Crippen molar-refractivity contribution >= 4 is 45.0 Å².